The molecule has 10 heavy (non-hydrogen) atoms. The van der Waals surface area contributed by atoms with Gasteiger partial charge in [-0.1, -0.05) is 0 Å². The molecule has 0 unspecified atom stereocenters. The van der Waals surface area contributed by atoms with Gasteiger partial charge in [0.1, 0.15) is 0 Å². The number of hydrogen-bond acceptors (Lipinski definition) is 4. The predicted octanol–water partition coefficient (Wildman–Crippen LogP) is -0.0541. The summed E-state index contributed by atoms with van der Waals surface area (Å²) >= 11 is 0. The average Bonchev–Trinajstić information content (AvgIpc) is 1.97. The molecule has 0 aliphatic heterocycles. The zero-order chi connectivity index (χ0) is 7.82. The molecule has 0 amide bonds. The van der Waals surface area contributed by atoms with Crippen LogP contribution in [-0.4, -0.2) is 43.3 Å². The van der Waals surface area contributed by atoms with Crippen molar-refractivity contribution in [2.75, 3.05) is 33.1 Å². The van der Waals surface area contributed by atoms with E-state index in [1.54, 1.807) is 6.66 Å². The molecule has 0 atom stereocenters. The van der Waals surface area contributed by atoms with Crippen LogP contribution in [0.4, 0.5) is 0 Å². The van der Waals surface area contributed by atoms with Crippen molar-refractivity contribution in [3.63, 3.8) is 0 Å². The summed E-state index contributed by atoms with van der Waals surface area (Å²) in [5.74, 6) is 0. The van der Waals surface area contributed by atoms with Crippen LogP contribution >= 0.6 is 8.38 Å². The van der Waals surface area contributed by atoms with Gasteiger partial charge in [0.25, 0.3) is 0 Å². The predicted molar refractivity (Wildman–Crippen MR) is 38.9 cm³/mol. The van der Waals surface area contributed by atoms with Gasteiger partial charge in [0.05, 0.1) is 26.4 Å². The third-order valence-corrected chi connectivity index (χ3v) is 1.82. The van der Waals surface area contributed by atoms with Gasteiger partial charge in [-0.15, -0.1) is 0 Å². The number of rotatable bonds is 6. The molecule has 0 rings (SSSR count). The lowest BCUT2D eigenvalue weighted by Gasteiger charge is -2.10. The third kappa shape index (κ3) is 6.39. The lowest BCUT2D eigenvalue weighted by Crippen LogP contribution is -1.99. The second-order valence-electron chi connectivity index (χ2n) is 1.55. The molecule has 2 N–H and O–H groups in total. The average molecular weight is 168 g/mol. The molecule has 0 bridgehead atoms. The molecule has 0 aromatic heterocycles. The molecule has 0 heterocycles. The number of aliphatic hydroxyl groups excluding tert-OH is 2. The minimum absolute atomic E-state index is 0.00909. The minimum Gasteiger partial charge on any atom is -0.394 e. The van der Waals surface area contributed by atoms with Crippen molar-refractivity contribution in [2.45, 2.75) is 0 Å². The van der Waals surface area contributed by atoms with E-state index in [1.165, 1.54) is 0 Å². The Kier molecular flexibility index (Phi) is 7.58. The van der Waals surface area contributed by atoms with Crippen molar-refractivity contribution in [3.05, 3.63) is 0 Å². The second kappa shape index (κ2) is 7.38. The summed E-state index contributed by atoms with van der Waals surface area (Å²) in [5.41, 5.74) is 0. The summed E-state index contributed by atoms with van der Waals surface area (Å²) < 4.78 is 9.95. The van der Waals surface area contributed by atoms with Crippen LogP contribution in [0.1, 0.15) is 0 Å². The Morgan fingerprint density at radius 2 is 1.50 bits per heavy atom. The smallest absolute Gasteiger partial charge is 0.167 e. The van der Waals surface area contributed by atoms with Gasteiger partial charge in [-0.05, 0) is 0 Å². The highest BCUT2D eigenvalue weighted by molar-refractivity contribution is 7.46. The zero-order valence-corrected chi connectivity index (χ0v) is 6.88. The molecular weight excluding hydrogens is 155 g/mol. The van der Waals surface area contributed by atoms with Crippen LogP contribution < -0.4 is 0 Å². The lowest BCUT2D eigenvalue weighted by atomic mass is 10.8. The summed E-state index contributed by atoms with van der Waals surface area (Å²) in [4.78, 5) is 0. The highest BCUT2D eigenvalue weighted by atomic mass is 31.2. The molecule has 5 heteroatoms. The van der Waals surface area contributed by atoms with Crippen molar-refractivity contribution in [1.82, 2.24) is 0 Å². The molecule has 0 saturated carbocycles. The molecule has 0 aromatic rings. The van der Waals surface area contributed by atoms with E-state index in [0.29, 0.717) is 13.2 Å². The fourth-order valence-electron chi connectivity index (χ4n) is 0.376. The maximum atomic E-state index is 8.32. The summed E-state index contributed by atoms with van der Waals surface area (Å²) in [6.45, 7) is 2.40. The van der Waals surface area contributed by atoms with Crippen LogP contribution in [0.5, 0.6) is 0 Å². The second-order valence-corrected chi connectivity index (χ2v) is 2.95. The standard InChI is InChI=1S/C5H13O4P/c1-10(8-4-2-6)9-5-3-7/h6-7H,2-5H2,1H3. The topological polar surface area (TPSA) is 58.9 Å². The first-order valence-electron chi connectivity index (χ1n) is 3.02. The van der Waals surface area contributed by atoms with Gasteiger partial charge in [-0.3, -0.25) is 0 Å². The zero-order valence-electron chi connectivity index (χ0n) is 5.99. The van der Waals surface area contributed by atoms with E-state index in [0.717, 1.165) is 0 Å². The fraction of sp³-hybridized carbons (Fsp3) is 1.00. The van der Waals surface area contributed by atoms with E-state index in [2.05, 4.69) is 0 Å². The van der Waals surface area contributed by atoms with Crippen LogP contribution in [0.15, 0.2) is 0 Å². The molecule has 0 aliphatic rings. The summed E-state index contributed by atoms with van der Waals surface area (Å²) in [5, 5.41) is 16.6. The van der Waals surface area contributed by atoms with E-state index in [1.807, 2.05) is 0 Å². The van der Waals surface area contributed by atoms with Crippen molar-refractivity contribution in [2.24, 2.45) is 0 Å². The molecule has 62 valence electrons. The first kappa shape index (κ1) is 10.3. The molecule has 0 saturated heterocycles. The van der Waals surface area contributed by atoms with Crippen molar-refractivity contribution < 1.29 is 19.3 Å². The Labute approximate surface area is 61.7 Å². The molecule has 0 aliphatic carbocycles. The quantitative estimate of drug-likeness (QED) is 0.546. The molecule has 4 nitrogen and oxygen atoms in total. The van der Waals surface area contributed by atoms with Gasteiger partial charge in [0, 0.05) is 6.66 Å². The van der Waals surface area contributed by atoms with Crippen molar-refractivity contribution in [3.8, 4) is 0 Å². The summed E-state index contributed by atoms with van der Waals surface area (Å²) in [6, 6.07) is 0. The maximum Gasteiger partial charge on any atom is 0.167 e. The van der Waals surface area contributed by atoms with E-state index in [-0.39, 0.29) is 13.2 Å². The normalized spacial score (nSPS) is 10.8. The van der Waals surface area contributed by atoms with E-state index in [9.17, 15) is 0 Å². The summed E-state index contributed by atoms with van der Waals surface area (Å²) in [7, 11) is -0.912. The van der Waals surface area contributed by atoms with Gasteiger partial charge in [0.15, 0.2) is 8.38 Å². The highest BCUT2D eigenvalue weighted by Crippen LogP contribution is 2.32. The molecule has 0 spiro atoms. The Morgan fingerprint density at radius 3 is 1.80 bits per heavy atom. The molecule has 0 radical (unpaired) electrons. The van der Waals surface area contributed by atoms with E-state index < -0.39 is 8.38 Å². The van der Waals surface area contributed by atoms with Crippen LogP contribution in [0.25, 0.3) is 0 Å². The van der Waals surface area contributed by atoms with Gasteiger partial charge < -0.3 is 19.3 Å². The molecule has 0 fully saturated rings. The summed E-state index contributed by atoms with van der Waals surface area (Å²) in [6.07, 6.45) is 0. The van der Waals surface area contributed by atoms with Crippen molar-refractivity contribution in [1.29, 1.82) is 0 Å². The van der Waals surface area contributed by atoms with Gasteiger partial charge in [0.2, 0.25) is 0 Å². The molecule has 0 aromatic carbocycles. The van der Waals surface area contributed by atoms with Crippen LogP contribution in [0, 0.1) is 0 Å². The minimum atomic E-state index is -0.912. The Morgan fingerprint density at radius 1 is 1.10 bits per heavy atom. The van der Waals surface area contributed by atoms with Gasteiger partial charge in [-0.2, -0.15) is 0 Å². The van der Waals surface area contributed by atoms with Crippen LogP contribution in [0.3, 0.4) is 0 Å². The van der Waals surface area contributed by atoms with Crippen LogP contribution in [-0.2, 0) is 9.05 Å². The highest BCUT2D eigenvalue weighted by Gasteiger charge is 1.99. The Bertz CT molecular complexity index is 62.7. The maximum absolute atomic E-state index is 8.32. The number of hydrogen-bond donors (Lipinski definition) is 2. The SMILES string of the molecule is CP(OCCO)OCCO. The first-order chi connectivity index (χ1) is 4.81. The lowest BCUT2D eigenvalue weighted by molar-refractivity contribution is 0.166. The first-order valence-corrected chi connectivity index (χ1v) is 4.65. The van der Waals surface area contributed by atoms with Gasteiger partial charge >= 0.3 is 0 Å². The van der Waals surface area contributed by atoms with E-state index >= 15 is 0 Å². The third-order valence-electron chi connectivity index (χ3n) is 0.729. The van der Waals surface area contributed by atoms with Crippen LogP contribution in [0.2, 0.25) is 0 Å². The Balaban J connectivity index is 3.00. The van der Waals surface area contributed by atoms with Crippen molar-refractivity contribution >= 4 is 8.38 Å². The Hall–Kier alpha value is 0.270. The number of aliphatic hydroxyl groups is 2. The van der Waals surface area contributed by atoms with Gasteiger partial charge in [-0.25, -0.2) is 0 Å². The molecular formula is C5H13O4P. The fourth-order valence-corrected chi connectivity index (χ4v) is 1.13. The monoisotopic (exact) mass is 168 g/mol. The van der Waals surface area contributed by atoms with E-state index in [4.69, 9.17) is 19.3 Å². The largest absolute Gasteiger partial charge is 0.394 e.